The van der Waals surface area contributed by atoms with Gasteiger partial charge in [-0.05, 0) is 24.6 Å². The van der Waals surface area contributed by atoms with Crippen LogP contribution < -0.4 is 15.9 Å². The molecule has 0 saturated heterocycles. The molecule has 1 unspecified atom stereocenters. The van der Waals surface area contributed by atoms with E-state index < -0.39 is 6.03 Å². The van der Waals surface area contributed by atoms with Crippen molar-refractivity contribution in [3.05, 3.63) is 29.8 Å². The van der Waals surface area contributed by atoms with Crippen LogP contribution in [-0.4, -0.2) is 18.9 Å². The van der Waals surface area contributed by atoms with E-state index in [9.17, 15) is 4.79 Å². The zero-order chi connectivity index (χ0) is 12.8. The first-order valence-corrected chi connectivity index (χ1v) is 5.28. The molecule has 0 fully saturated rings. The van der Waals surface area contributed by atoms with Gasteiger partial charge in [-0.25, -0.2) is 10.2 Å². The number of hydrazone groups is 1. The Morgan fingerprint density at radius 2 is 2.24 bits per heavy atom. The molecular formula is C12H17N3O2. The SMILES string of the molecule is COc1cccc(C(C)C(C)=NNC(N)=O)c1. The fraction of sp³-hybridized carbons (Fsp3) is 0.333. The van der Waals surface area contributed by atoms with Crippen LogP contribution in [-0.2, 0) is 0 Å². The number of carbonyl (C=O) groups excluding carboxylic acids is 1. The molecule has 3 N–H and O–H groups in total. The molecule has 0 radical (unpaired) electrons. The topological polar surface area (TPSA) is 76.7 Å². The summed E-state index contributed by atoms with van der Waals surface area (Å²) in [5.74, 6) is 0.877. The van der Waals surface area contributed by atoms with Crippen LogP contribution in [0, 0.1) is 0 Å². The van der Waals surface area contributed by atoms with Crippen molar-refractivity contribution in [1.29, 1.82) is 0 Å². The number of rotatable bonds is 4. The van der Waals surface area contributed by atoms with E-state index in [1.807, 2.05) is 38.1 Å². The van der Waals surface area contributed by atoms with Gasteiger partial charge in [-0.1, -0.05) is 19.1 Å². The molecule has 0 saturated carbocycles. The third-order valence-electron chi connectivity index (χ3n) is 2.56. The van der Waals surface area contributed by atoms with Crippen molar-refractivity contribution in [2.45, 2.75) is 19.8 Å². The smallest absolute Gasteiger partial charge is 0.332 e. The second-order valence-electron chi connectivity index (χ2n) is 3.73. The third-order valence-corrected chi connectivity index (χ3v) is 2.56. The number of nitrogens with two attached hydrogens (primary N) is 1. The van der Waals surface area contributed by atoms with Gasteiger partial charge in [0.15, 0.2) is 0 Å². The van der Waals surface area contributed by atoms with Crippen LogP contribution in [0.4, 0.5) is 4.79 Å². The van der Waals surface area contributed by atoms with Crippen LogP contribution in [0.15, 0.2) is 29.4 Å². The summed E-state index contributed by atoms with van der Waals surface area (Å²) < 4.78 is 5.15. The number of hydrogen-bond acceptors (Lipinski definition) is 3. The number of methoxy groups -OCH3 is 1. The van der Waals surface area contributed by atoms with Crippen molar-refractivity contribution in [2.24, 2.45) is 10.8 Å². The maximum Gasteiger partial charge on any atom is 0.332 e. The number of amides is 2. The number of hydrogen-bond donors (Lipinski definition) is 2. The van der Waals surface area contributed by atoms with E-state index in [0.717, 1.165) is 17.0 Å². The van der Waals surface area contributed by atoms with Crippen LogP contribution in [0.25, 0.3) is 0 Å². The predicted octanol–water partition coefficient (Wildman–Crippen LogP) is 1.84. The van der Waals surface area contributed by atoms with Gasteiger partial charge in [-0.2, -0.15) is 5.10 Å². The zero-order valence-corrected chi connectivity index (χ0v) is 10.2. The fourth-order valence-corrected chi connectivity index (χ4v) is 1.39. The second-order valence-corrected chi connectivity index (χ2v) is 3.73. The van der Waals surface area contributed by atoms with Crippen LogP contribution in [0.2, 0.25) is 0 Å². The molecule has 0 bridgehead atoms. The van der Waals surface area contributed by atoms with Gasteiger partial charge >= 0.3 is 6.03 Å². The van der Waals surface area contributed by atoms with Gasteiger partial charge in [0, 0.05) is 11.6 Å². The number of nitrogens with zero attached hydrogens (tertiary/aromatic N) is 1. The number of urea groups is 1. The van der Waals surface area contributed by atoms with Gasteiger partial charge in [0.2, 0.25) is 0 Å². The van der Waals surface area contributed by atoms with Crippen LogP contribution in [0.1, 0.15) is 25.3 Å². The van der Waals surface area contributed by atoms with E-state index in [4.69, 9.17) is 10.5 Å². The van der Waals surface area contributed by atoms with Gasteiger partial charge in [-0.15, -0.1) is 0 Å². The number of carbonyl (C=O) groups is 1. The highest BCUT2D eigenvalue weighted by molar-refractivity contribution is 5.89. The minimum atomic E-state index is -0.665. The molecule has 5 nitrogen and oxygen atoms in total. The van der Waals surface area contributed by atoms with Crippen LogP contribution in [0.5, 0.6) is 5.75 Å². The van der Waals surface area contributed by atoms with Gasteiger partial charge in [0.05, 0.1) is 7.11 Å². The molecule has 0 heterocycles. The average Bonchev–Trinajstić information content (AvgIpc) is 2.35. The van der Waals surface area contributed by atoms with Gasteiger partial charge < -0.3 is 10.5 Å². The van der Waals surface area contributed by atoms with Gasteiger partial charge in [-0.3, -0.25) is 0 Å². The lowest BCUT2D eigenvalue weighted by atomic mass is 9.97. The molecule has 1 aromatic rings. The molecule has 0 aliphatic carbocycles. The first-order chi connectivity index (χ1) is 8.04. The monoisotopic (exact) mass is 235 g/mol. The summed E-state index contributed by atoms with van der Waals surface area (Å²) >= 11 is 0. The highest BCUT2D eigenvalue weighted by Gasteiger charge is 2.10. The first-order valence-electron chi connectivity index (χ1n) is 5.28. The molecular weight excluding hydrogens is 218 g/mol. The average molecular weight is 235 g/mol. The summed E-state index contributed by atoms with van der Waals surface area (Å²) in [5, 5.41) is 3.91. The highest BCUT2D eigenvalue weighted by Crippen LogP contribution is 2.21. The molecule has 17 heavy (non-hydrogen) atoms. The number of primary amides is 1. The highest BCUT2D eigenvalue weighted by atomic mass is 16.5. The summed E-state index contributed by atoms with van der Waals surface area (Å²) in [6.45, 7) is 3.83. The summed E-state index contributed by atoms with van der Waals surface area (Å²) in [6, 6.07) is 7.05. The summed E-state index contributed by atoms with van der Waals surface area (Å²) in [7, 11) is 1.62. The van der Waals surface area contributed by atoms with Crippen molar-refractivity contribution in [3.63, 3.8) is 0 Å². The Kier molecular flexibility index (Phi) is 4.51. The Morgan fingerprint density at radius 1 is 1.53 bits per heavy atom. The normalized spacial score (nSPS) is 13.0. The standard InChI is InChI=1S/C12H17N3O2/c1-8(9(2)14-15-12(13)16)10-5-4-6-11(7-10)17-3/h4-8H,1-3H3,(H3,13,15,16). The molecule has 5 heteroatoms. The molecule has 0 aliphatic rings. The summed E-state index contributed by atoms with van der Waals surface area (Å²) in [4.78, 5) is 10.5. The number of nitrogens with one attached hydrogen (secondary N) is 1. The lowest BCUT2D eigenvalue weighted by Crippen LogP contribution is -2.26. The second kappa shape index (κ2) is 5.89. The van der Waals surface area contributed by atoms with E-state index in [-0.39, 0.29) is 5.92 Å². The maximum absolute atomic E-state index is 10.5. The van der Waals surface area contributed by atoms with Crippen molar-refractivity contribution in [3.8, 4) is 5.75 Å². The summed E-state index contributed by atoms with van der Waals surface area (Å²) in [5.41, 5.74) is 9.01. The molecule has 92 valence electrons. The number of ether oxygens (including phenoxy) is 1. The molecule has 1 atom stereocenters. The lowest BCUT2D eigenvalue weighted by molar-refractivity contribution is 0.249. The molecule has 1 aromatic carbocycles. The van der Waals surface area contributed by atoms with E-state index in [0.29, 0.717) is 0 Å². The number of benzene rings is 1. The fourth-order valence-electron chi connectivity index (χ4n) is 1.39. The Hall–Kier alpha value is -2.04. The maximum atomic E-state index is 10.5. The van der Waals surface area contributed by atoms with Crippen LogP contribution >= 0.6 is 0 Å². The molecule has 0 aromatic heterocycles. The van der Waals surface area contributed by atoms with Crippen LogP contribution in [0.3, 0.4) is 0 Å². The molecule has 0 aliphatic heterocycles. The molecule has 2 amide bonds. The quantitative estimate of drug-likeness (QED) is 0.617. The Labute approximate surface area is 101 Å². The summed E-state index contributed by atoms with van der Waals surface area (Å²) in [6.07, 6.45) is 0. The Morgan fingerprint density at radius 3 is 2.82 bits per heavy atom. The lowest BCUT2D eigenvalue weighted by Gasteiger charge is -2.12. The van der Waals surface area contributed by atoms with Crippen molar-refractivity contribution >= 4 is 11.7 Å². The first kappa shape index (κ1) is 13.0. The third kappa shape index (κ3) is 3.79. The minimum absolute atomic E-state index is 0.0805. The van der Waals surface area contributed by atoms with E-state index >= 15 is 0 Å². The molecule has 1 rings (SSSR count). The van der Waals surface area contributed by atoms with Crippen molar-refractivity contribution in [2.75, 3.05) is 7.11 Å². The Balaban J connectivity index is 2.83. The Bertz CT molecular complexity index is 430. The van der Waals surface area contributed by atoms with Crippen molar-refractivity contribution < 1.29 is 9.53 Å². The van der Waals surface area contributed by atoms with Gasteiger partial charge in [0.1, 0.15) is 5.75 Å². The van der Waals surface area contributed by atoms with Gasteiger partial charge in [0.25, 0.3) is 0 Å². The van der Waals surface area contributed by atoms with E-state index in [1.165, 1.54) is 0 Å². The minimum Gasteiger partial charge on any atom is -0.497 e. The zero-order valence-electron chi connectivity index (χ0n) is 10.2. The van der Waals surface area contributed by atoms with Crippen molar-refractivity contribution in [1.82, 2.24) is 5.43 Å². The van der Waals surface area contributed by atoms with E-state index in [1.54, 1.807) is 7.11 Å². The largest absolute Gasteiger partial charge is 0.497 e. The predicted molar refractivity (Wildman–Crippen MR) is 67.2 cm³/mol. The van der Waals surface area contributed by atoms with E-state index in [2.05, 4.69) is 10.5 Å². The molecule has 0 spiro atoms.